The Labute approximate surface area is 104 Å². The fourth-order valence-electron chi connectivity index (χ4n) is 1.21. The lowest BCUT2D eigenvalue weighted by atomic mass is 10.2. The second-order valence-electron chi connectivity index (χ2n) is 3.08. The summed E-state index contributed by atoms with van der Waals surface area (Å²) in [7, 11) is 2.98. The van der Waals surface area contributed by atoms with Gasteiger partial charge in [0.05, 0.1) is 14.2 Å². The van der Waals surface area contributed by atoms with E-state index in [0.717, 1.165) is 0 Å². The van der Waals surface area contributed by atoms with Gasteiger partial charge in [-0.3, -0.25) is 4.79 Å². The lowest BCUT2D eigenvalue weighted by Crippen LogP contribution is -2.45. The van der Waals surface area contributed by atoms with Gasteiger partial charge in [-0.2, -0.15) is 0 Å². The monoisotopic (exact) mass is 255 g/mol. The second kappa shape index (κ2) is 5.46. The van der Waals surface area contributed by atoms with Crippen LogP contribution in [0.15, 0.2) is 18.2 Å². The van der Waals surface area contributed by atoms with Crippen molar-refractivity contribution in [3.8, 4) is 11.5 Å². The largest absolute Gasteiger partial charge is 0.493 e. The molecule has 1 amide bonds. The first kappa shape index (κ1) is 13.2. The van der Waals surface area contributed by atoms with Gasteiger partial charge in [-0.15, -0.1) is 0 Å². The van der Waals surface area contributed by atoms with Gasteiger partial charge in [0.15, 0.2) is 16.6 Å². The van der Waals surface area contributed by atoms with Crippen molar-refractivity contribution in [2.45, 2.75) is 0 Å². The van der Waals surface area contributed by atoms with Crippen molar-refractivity contribution in [1.29, 1.82) is 0 Å². The third kappa shape index (κ3) is 2.83. The van der Waals surface area contributed by atoms with Crippen molar-refractivity contribution in [1.82, 2.24) is 5.01 Å². The Kier molecular flexibility index (Phi) is 4.24. The molecular formula is C10H13N3O3S. The Morgan fingerprint density at radius 3 is 2.35 bits per heavy atom. The number of hydrogen-bond acceptors (Lipinski definition) is 5. The van der Waals surface area contributed by atoms with E-state index in [1.807, 2.05) is 0 Å². The molecule has 1 aromatic carbocycles. The van der Waals surface area contributed by atoms with Crippen LogP contribution in [0.5, 0.6) is 11.5 Å². The summed E-state index contributed by atoms with van der Waals surface area (Å²) in [5.74, 6) is 5.83. The van der Waals surface area contributed by atoms with Crippen LogP contribution in [0, 0.1) is 0 Å². The molecule has 0 aliphatic carbocycles. The second-order valence-corrected chi connectivity index (χ2v) is 3.50. The number of rotatable bonds is 3. The first-order chi connectivity index (χ1) is 8.01. The van der Waals surface area contributed by atoms with Crippen LogP contribution < -0.4 is 21.1 Å². The van der Waals surface area contributed by atoms with E-state index in [1.54, 1.807) is 12.1 Å². The van der Waals surface area contributed by atoms with Crippen LogP contribution in [-0.4, -0.2) is 30.2 Å². The normalized spacial score (nSPS) is 9.59. The average Bonchev–Trinajstić information content (AvgIpc) is 2.35. The highest BCUT2D eigenvalue weighted by atomic mass is 32.1. The predicted molar refractivity (Wildman–Crippen MR) is 66.7 cm³/mol. The zero-order valence-electron chi connectivity index (χ0n) is 9.47. The van der Waals surface area contributed by atoms with E-state index < -0.39 is 5.91 Å². The third-order valence-electron chi connectivity index (χ3n) is 2.09. The highest BCUT2D eigenvalue weighted by molar-refractivity contribution is 7.80. The molecule has 0 saturated carbocycles. The number of nitrogens with two attached hydrogens (primary N) is 2. The van der Waals surface area contributed by atoms with Crippen LogP contribution >= 0.6 is 12.2 Å². The number of nitrogens with zero attached hydrogens (tertiary/aromatic N) is 1. The summed E-state index contributed by atoms with van der Waals surface area (Å²) >= 11 is 4.61. The molecular weight excluding hydrogens is 242 g/mol. The van der Waals surface area contributed by atoms with Crippen LogP contribution in [0.3, 0.4) is 0 Å². The van der Waals surface area contributed by atoms with E-state index in [9.17, 15) is 4.79 Å². The molecule has 0 fully saturated rings. The Bertz CT molecular complexity index is 450. The van der Waals surface area contributed by atoms with Crippen LogP contribution in [0.4, 0.5) is 0 Å². The predicted octanol–water partition coefficient (Wildman–Crippen LogP) is 0.263. The Morgan fingerprint density at radius 2 is 1.88 bits per heavy atom. The van der Waals surface area contributed by atoms with E-state index in [0.29, 0.717) is 22.1 Å². The van der Waals surface area contributed by atoms with Gasteiger partial charge in [0.1, 0.15) is 0 Å². The van der Waals surface area contributed by atoms with Crippen LogP contribution in [0.25, 0.3) is 0 Å². The Balaban J connectivity index is 3.08. The molecule has 0 unspecified atom stereocenters. The van der Waals surface area contributed by atoms with E-state index in [4.69, 9.17) is 21.1 Å². The molecule has 0 saturated heterocycles. The number of hydrazine groups is 1. The van der Waals surface area contributed by atoms with Crippen molar-refractivity contribution in [3.05, 3.63) is 23.8 Å². The summed E-state index contributed by atoms with van der Waals surface area (Å²) in [5, 5.41) is 0.487. The Morgan fingerprint density at radius 1 is 1.29 bits per heavy atom. The summed E-state index contributed by atoms with van der Waals surface area (Å²) in [6.45, 7) is 0. The van der Waals surface area contributed by atoms with Crippen molar-refractivity contribution in [2.24, 2.45) is 11.6 Å². The average molecular weight is 255 g/mol. The molecule has 0 bridgehead atoms. The Hall–Kier alpha value is -1.86. The number of thiocarbonyl (C=S) groups is 1. The van der Waals surface area contributed by atoms with Crippen LogP contribution in [-0.2, 0) is 0 Å². The van der Waals surface area contributed by atoms with Crippen molar-refractivity contribution in [2.75, 3.05) is 14.2 Å². The van der Waals surface area contributed by atoms with Gasteiger partial charge in [-0.05, 0) is 30.4 Å². The fourth-order valence-corrected chi connectivity index (χ4v) is 1.29. The number of carbonyl (C=O) groups is 1. The van der Waals surface area contributed by atoms with E-state index in [1.165, 1.54) is 20.3 Å². The first-order valence-electron chi connectivity index (χ1n) is 4.62. The maximum absolute atomic E-state index is 11.8. The number of carbonyl (C=O) groups excluding carboxylic acids is 1. The molecule has 0 radical (unpaired) electrons. The van der Waals surface area contributed by atoms with Crippen molar-refractivity contribution >= 4 is 23.2 Å². The van der Waals surface area contributed by atoms with Crippen LogP contribution in [0.1, 0.15) is 10.4 Å². The summed E-state index contributed by atoms with van der Waals surface area (Å²) in [6, 6.07) is 4.64. The smallest absolute Gasteiger partial charge is 0.274 e. The molecule has 1 rings (SSSR count). The molecule has 6 nitrogen and oxygen atoms in total. The van der Waals surface area contributed by atoms with E-state index >= 15 is 0 Å². The maximum atomic E-state index is 11.8. The zero-order valence-corrected chi connectivity index (χ0v) is 10.3. The molecule has 0 aliphatic heterocycles. The number of hydrogen-bond donors (Lipinski definition) is 2. The molecule has 4 N–H and O–H groups in total. The topological polar surface area (TPSA) is 90.8 Å². The SMILES string of the molecule is COc1ccc(C(=O)N(N)C(N)=S)cc1OC. The van der Waals surface area contributed by atoms with Gasteiger partial charge < -0.3 is 15.2 Å². The van der Waals surface area contributed by atoms with Crippen molar-refractivity contribution < 1.29 is 14.3 Å². The van der Waals surface area contributed by atoms with E-state index in [-0.39, 0.29) is 5.11 Å². The standard InChI is InChI=1S/C10H13N3O3S/c1-15-7-4-3-6(5-8(7)16-2)9(14)13(12)10(11)17/h3-5H,12H2,1-2H3,(H2,11,17). The quantitative estimate of drug-likeness (QED) is 0.348. The van der Waals surface area contributed by atoms with Gasteiger partial charge in [0.2, 0.25) is 0 Å². The molecule has 7 heteroatoms. The summed E-state index contributed by atoms with van der Waals surface area (Å²) in [5.41, 5.74) is 5.56. The number of methoxy groups -OCH3 is 2. The van der Waals surface area contributed by atoms with Gasteiger partial charge in [0.25, 0.3) is 5.91 Å². The van der Waals surface area contributed by atoms with Gasteiger partial charge in [-0.25, -0.2) is 10.9 Å². The van der Waals surface area contributed by atoms with Gasteiger partial charge >= 0.3 is 0 Å². The molecule has 0 heterocycles. The highest BCUT2D eigenvalue weighted by Gasteiger charge is 2.16. The minimum Gasteiger partial charge on any atom is -0.493 e. The number of benzene rings is 1. The van der Waals surface area contributed by atoms with Crippen LogP contribution in [0.2, 0.25) is 0 Å². The van der Waals surface area contributed by atoms with Gasteiger partial charge in [-0.1, -0.05) is 0 Å². The molecule has 17 heavy (non-hydrogen) atoms. The zero-order chi connectivity index (χ0) is 13.0. The molecule has 0 spiro atoms. The summed E-state index contributed by atoms with van der Waals surface area (Å²) in [4.78, 5) is 11.8. The summed E-state index contributed by atoms with van der Waals surface area (Å²) < 4.78 is 10.1. The number of amides is 1. The minimum atomic E-state index is -0.515. The number of ether oxygens (including phenoxy) is 2. The third-order valence-corrected chi connectivity index (χ3v) is 2.28. The molecule has 0 aliphatic rings. The lowest BCUT2D eigenvalue weighted by Gasteiger charge is -2.15. The van der Waals surface area contributed by atoms with Crippen molar-refractivity contribution in [3.63, 3.8) is 0 Å². The maximum Gasteiger partial charge on any atom is 0.274 e. The highest BCUT2D eigenvalue weighted by Crippen LogP contribution is 2.27. The lowest BCUT2D eigenvalue weighted by molar-refractivity contribution is 0.0848. The molecule has 1 aromatic rings. The molecule has 92 valence electrons. The fraction of sp³-hybridized carbons (Fsp3) is 0.200. The molecule has 0 atom stereocenters. The van der Waals surface area contributed by atoms with E-state index in [2.05, 4.69) is 12.2 Å². The summed E-state index contributed by atoms with van der Waals surface area (Å²) in [6.07, 6.45) is 0. The minimum absolute atomic E-state index is 0.204. The molecule has 0 aromatic heterocycles. The first-order valence-corrected chi connectivity index (χ1v) is 5.02. The van der Waals surface area contributed by atoms with Gasteiger partial charge in [0, 0.05) is 5.56 Å².